The molecule has 0 aliphatic rings. The molecule has 0 saturated carbocycles. The van der Waals surface area contributed by atoms with Crippen LogP contribution in [0.4, 0.5) is 4.39 Å². The van der Waals surface area contributed by atoms with Gasteiger partial charge in [0, 0.05) is 11.6 Å². The molecule has 3 heteroatoms. The van der Waals surface area contributed by atoms with E-state index in [1.54, 1.807) is 12.1 Å². The summed E-state index contributed by atoms with van der Waals surface area (Å²) in [5.41, 5.74) is 6.60. The molecule has 0 aliphatic heterocycles. The zero-order valence-corrected chi connectivity index (χ0v) is 8.13. The summed E-state index contributed by atoms with van der Waals surface area (Å²) >= 11 is 0. The molecule has 0 spiro atoms. The fourth-order valence-electron chi connectivity index (χ4n) is 1.36. The second-order valence-corrected chi connectivity index (χ2v) is 3.24. The average Bonchev–Trinajstić information content (AvgIpc) is 2.17. The number of nitrogens with two attached hydrogens (primary N) is 1. The number of nitrogens with zero attached hydrogens (tertiary/aromatic N) is 1. The Kier molecular flexibility index (Phi) is 3.61. The highest BCUT2D eigenvalue weighted by Crippen LogP contribution is 2.19. The minimum Gasteiger partial charge on any atom is -0.324 e. The van der Waals surface area contributed by atoms with Crippen molar-refractivity contribution in [2.75, 3.05) is 0 Å². The van der Waals surface area contributed by atoms with Crippen molar-refractivity contribution in [3.8, 4) is 6.07 Å². The first kappa shape index (κ1) is 10.7. The van der Waals surface area contributed by atoms with Crippen LogP contribution in [0.2, 0.25) is 0 Å². The predicted molar refractivity (Wildman–Crippen MR) is 53.0 cm³/mol. The van der Waals surface area contributed by atoms with Gasteiger partial charge in [-0.1, -0.05) is 19.4 Å². The maximum atomic E-state index is 13.4. The van der Waals surface area contributed by atoms with E-state index in [0.717, 1.165) is 12.8 Å². The molecule has 0 radical (unpaired) electrons. The Labute approximate surface area is 83.2 Å². The van der Waals surface area contributed by atoms with Gasteiger partial charge in [0.25, 0.3) is 0 Å². The maximum absolute atomic E-state index is 13.4. The quantitative estimate of drug-likeness (QED) is 0.799. The minimum atomic E-state index is -0.384. The standard InChI is InChI=1S/C11H13FN2/c1-2-3-11(14)9-5-4-8(7-13)6-10(9)12/h4-6,11H,2-3,14H2,1H3. The van der Waals surface area contributed by atoms with Gasteiger partial charge in [0.1, 0.15) is 5.82 Å². The van der Waals surface area contributed by atoms with E-state index in [1.807, 2.05) is 13.0 Å². The van der Waals surface area contributed by atoms with E-state index >= 15 is 0 Å². The molecule has 0 heterocycles. The Morgan fingerprint density at radius 2 is 2.29 bits per heavy atom. The van der Waals surface area contributed by atoms with Crippen molar-refractivity contribution >= 4 is 0 Å². The fourth-order valence-corrected chi connectivity index (χ4v) is 1.36. The zero-order valence-electron chi connectivity index (χ0n) is 8.13. The molecular formula is C11H13FN2. The molecule has 1 unspecified atom stereocenters. The van der Waals surface area contributed by atoms with E-state index in [1.165, 1.54) is 6.07 Å². The second-order valence-electron chi connectivity index (χ2n) is 3.24. The van der Waals surface area contributed by atoms with E-state index in [-0.39, 0.29) is 11.9 Å². The molecule has 2 N–H and O–H groups in total. The van der Waals surface area contributed by atoms with Crippen LogP contribution in [0.5, 0.6) is 0 Å². The molecule has 74 valence electrons. The van der Waals surface area contributed by atoms with Crippen molar-refractivity contribution < 1.29 is 4.39 Å². The smallest absolute Gasteiger partial charge is 0.129 e. The molecule has 1 aromatic carbocycles. The summed E-state index contributed by atoms with van der Waals surface area (Å²) in [6.07, 6.45) is 1.67. The molecule has 0 saturated heterocycles. The number of rotatable bonds is 3. The van der Waals surface area contributed by atoms with Crippen LogP contribution in [-0.4, -0.2) is 0 Å². The van der Waals surface area contributed by atoms with E-state index in [4.69, 9.17) is 11.0 Å². The van der Waals surface area contributed by atoms with Gasteiger partial charge in [0.15, 0.2) is 0 Å². The highest BCUT2D eigenvalue weighted by Gasteiger charge is 2.10. The van der Waals surface area contributed by atoms with Gasteiger partial charge in [-0.3, -0.25) is 0 Å². The number of benzene rings is 1. The van der Waals surface area contributed by atoms with Crippen LogP contribution < -0.4 is 5.73 Å². The average molecular weight is 192 g/mol. The van der Waals surface area contributed by atoms with Crippen LogP contribution in [0.15, 0.2) is 18.2 Å². The van der Waals surface area contributed by atoms with Gasteiger partial charge in [0.2, 0.25) is 0 Å². The molecule has 0 aromatic heterocycles. The molecule has 1 atom stereocenters. The Morgan fingerprint density at radius 3 is 2.79 bits per heavy atom. The monoisotopic (exact) mass is 192 g/mol. The topological polar surface area (TPSA) is 49.8 Å². The van der Waals surface area contributed by atoms with Gasteiger partial charge in [-0.15, -0.1) is 0 Å². The van der Waals surface area contributed by atoms with Gasteiger partial charge >= 0.3 is 0 Å². The minimum absolute atomic E-state index is 0.271. The van der Waals surface area contributed by atoms with Gasteiger partial charge in [-0.25, -0.2) is 4.39 Å². The number of nitriles is 1. The van der Waals surface area contributed by atoms with Gasteiger partial charge in [0.05, 0.1) is 11.6 Å². The Morgan fingerprint density at radius 1 is 1.57 bits per heavy atom. The summed E-state index contributed by atoms with van der Waals surface area (Å²) in [6, 6.07) is 6.02. The molecule has 0 aliphatic carbocycles. The summed E-state index contributed by atoms with van der Waals surface area (Å²) in [5, 5.41) is 8.55. The summed E-state index contributed by atoms with van der Waals surface area (Å²) in [4.78, 5) is 0. The first-order valence-electron chi connectivity index (χ1n) is 4.64. The van der Waals surface area contributed by atoms with E-state index in [9.17, 15) is 4.39 Å². The van der Waals surface area contributed by atoms with Crippen molar-refractivity contribution in [2.24, 2.45) is 5.73 Å². The maximum Gasteiger partial charge on any atom is 0.129 e. The summed E-state index contributed by atoms with van der Waals surface area (Å²) < 4.78 is 13.4. The molecule has 0 bridgehead atoms. The van der Waals surface area contributed by atoms with Gasteiger partial charge in [-0.05, 0) is 18.6 Å². The third-order valence-corrected chi connectivity index (χ3v) is 2.13. The molecule has 14 heavy (non-hydrogen) atoms. The van der Waals surface area contributed by atoms with Gasteiger partial charge < -0.3 is 5.73 Å². The lowest BCUT2D eigenvalue weighted by Crippen LogP contribution is -2.11. The highest BCUT2D eigenvalue weighted by atomic mass is 19.1. The molecule has 1 rings (SSSR count). The van der Waals surface area contributed by atoms with Crippen LogP contribution in [0.1, 0.15) is 36.9 Å². The lowest BCUT2D eigenvalue weighted by atomic mass is 10.0. The van der Waals surface area contributed by atoms with Crippen LogP contribution in [-0.2, 0) is 0 Å². The third kappa shape index (κ3) is 2.30. The summed E-state index contributed by atoms with van der Waals surface area (Å²) in [5.74, 6) is -0.384. The van der Waals surface area contributed by atoms with Crippen molar-refractivity contribution in [1.82, 2.24) is 0 Å². The predicted octanol–water partition coefficient (Wildman–Crippen LogP) is 2.50. The Hall–Kier alpha value is -1.40. The first-order chi connectivity index (χ1) is 6.69. The first-order valence-corrected chi connectivity index (χ1v) is 4.64. The van der Waals surface area contributed by atoms with Crippen LogP contribution >= 0.6 is 0 Å². The fraction of sp³-hybridized carbons (Fsp3) is 0.364. The zero-order chi connectivity index (χ0) is 10.6. The number of halogens is 1. The van der Waals surface area contributed by atoms with E-state index < -0.39 is 0 Å². The van der Waals surface area contributed by atoms with Crippen LogP contribution in [0.25, 0.3) is 0 Å². The van der Waals surface area contributed by atoms with Crippen molar-refractivity contribution in [3.05, 3.63) is 35.1 Å². The Bertz CT molecular complexity index is 355. The molecule has 2 nitrogen and oxygen atoms in total. The molecule has 0 fully saturated rings. The van der Waals surface area contributed by atoms with Crippen LogP contribution in [0, 0.1) is 17.1 Å². The van der Waals surface area contributed by atoms with Crippen molar-refractivity contribution in [1.29, 1.82) is 5.26 Å². The Balaban J connectivity index is 2.95. The SMILES string of the molecule is CCCC(N)c1ccc(C#N)cc1F. The third-order valence-electron chi connectivity index (χ3n) is 2.13. The number of hydrogen-bond acceptors (Lipinski definition) is 2. The summed E-state index contributed by atoms with van der Waals surface area (Å²) in [7, 11) is 0. The summed E-state index contributed by atoms with van der Waals surface area (Å²) in [6.45, 7) is 2.00. The lowest BCUT2D eigenvalue weighted by Gasteiger charge is -2.11. The molecular weight excluding hydrogens is 179 g/mol. The lowest BCUT2D eigenvalue weighted by molar-refractivity contribution is 0.559. The molecule has 0 amide bonds. The normalized spacial score (nSPS) is 12.1. The highest BCUT2D eigenvalue weighted by molar-refractivity contribution is 5.34. The van der Waals surface area contributed by atoms with Crippen molar-refractivity contribution in [2.45, 2.75) is 25.8 Å². The largest absolute Gasteiger partial charge is 0.324 e. The van der Waals surface area contributed by atoms with Crippen molar-refractivity contribution in [3.63, 3.8) is 0 Å². The van der Waals surface area contributed by atoms with E-state index in [2.05, 4.69) is 0 Å². The van der Waals surface area contributed by atoms with Gasteiger partial charge in [-0.2, -0.15) is 5.26 Å². The molecule has 1 aromatic rings. The van der Waals surface area contributed by atoms with E-state index in [0.29, 0.717) is 11.1 Å². The number of hydrogen-bond donors (Lipinski definition) is 1. The second kappa shape index (κ2) is 4.73. The van der Waals surface area contributed by atoms with Crippen LogP contribution in [0.3, 0.4) is 0 Å².